The third-order valence-corrected chi connectivity index (χ3v) is 4.70. The predicted molar refractivity (Wildman–Crippen MR) is 78.4 cm³/mol. The first-order valence-electron chi connectivity index (χ1n) is 7.62. The van der Waals surface area contributed by atoms with Gasteiger partial charge in [-0.1, -0.05) is 26.2 Å². The van der Waals surface area contributed by atoms with E-state index in [1.54, 1.807) is 14.0 Å². The van der Waals surface area contributed by atoms with E-state index in [0.29, 0.717) is 18.5 Å². The molecule has 112 valence electrons. The molecule has 0 aromatic rings. The van der Waals surface area contributed by atoms with E-state index in [4.69, 9.17) is 0 Å². The zero-order valence-corrected chi connectivity index (χ0v) is 12.9. The van der Waals surface area contributed by atoms with Crippen molar-refractivity contribution in [2.75, 3.05) is 13.6 Å². The number of aliphatic carboxylic acids is 1. The normalized spacial score (nSPS) is 22.2. The second kappa shape index (κ2) is 7.25. The van der Waals surface area contributed by atoms with Gasteiger partial charge in [0.2, 0.25) is 0 Å². The smallest absolute Gasteiger partial charge is 0.323 e. The standard InChI is InChI=1S/C15H30N2O2/c1-5-17(13-9-7-6-8-10-13)12(2)11-15(3,16-4)14(18)19/h12-13,16H,5-11H2,1-4H3,(H,18,19). The van der Waals surface area contributed by atoms with Crippen molar-refractivity contribution in [3.8, 4) is 0 Å². The lowest BCUT2D eigenvalue weighted by Crippen LogP contribution is -2.53. The van der Waals surface area contributed by atoms with Crippen molar-refractivity contribution in [1.82, 2.24) is 10.2 Å². The summed E-state index contributed by atoms with van der Waals surface area (Å²) in [7, 11) is 1.73. The highest BCUT2D eigenvalue weighted by Gasteiger charge is 2.35. The summed E-state index contributed by atoms with van der Waals surface area (Å²) in [5.41, 5.74) is -0.832. The molecule has 19 heavy (non-hydrogen) atoms. The molecule has 0 spiro atoms. The molecule has 0 aromatic carbocycles. The number of hydrogen-bond acceptors (Lipinski definition) is 3. The summed E-state index contributed by atoms with van der Waals surface area (Å²) in [5, 5.41) is 12.3. The van der Waals surface area contributed by atoms with Gasteiger partial charge in [-0.25, -0.2) is 0 Å². The second-order valence-corrected chi connectivity index (χ2v) is 6.06. The molecular weight excluding hydrogens is 240 g/mol. The van der Waals surface area contributed by atoms with E-state index in [1.165, 1.54) is 32.1 Å². The molecular formula is C15H30N2O2. The van der Waals surface area contributed by atoms with Crippen molar-refractivity contribution < 1.29 is 9.90 Å². The number of likely N-dealkylation sites (N-methyl/N-ethyl adjacent to an activating group) is 1. The molecule has 4 heteroatoms. The zero-order chi connectivity index (χ0) is 14.5. The number of rotatable bonds is 7. The van der Waals surface area contributed by atoms with E-state index in [2.05, 4.69) is 24.1 Å². The van der Waals surface area contributed by atoms with Crippen molar-refractivity contribution in [2.24, 2.45) is 0 Å². The summed E-state index contributed by atoms with van der Waals surface area (Å²) in [6.07, 6.45) is 7.16. The van der Waals surface area contributed by atoms with Crippen LogP contribution in [0.1, 0.15) is 59.3 Å². The van der Waals surface area contributed by atoms with Crippen LogP contribution in [0, 0.1) is 0 Å². The van der Waals surface area contributed by atoms with Gasteiger partial charge in [-0.2, -0.15) is 0 Å². The highest BCUT2D eigenvalue weighted by molar-refractivity contribution is 5.78. The predicted octanol–water partition coefficient (Wildman–Crippen LogP) is 2.48. The molecule has 0 aliphatic heterocycles. The molecule has 1 rings (SSSR count). The number of carbonyl (C=O) groups is 1. The van der Waals surface area contributed by atoms with Gasteiger partial charge >= 0.3 is 5.97 Å². The SMILES string of the molecule is CCN(C(C)CC(C)(NC)C(=O)O)C1CCCCC1. The highest BCUT2D eigenvalue weighted by Crippen LogP contribution is 2.26. The molecule has 4 nitrogen and oxygen atoms in total. The average Bonchev–Trinajstić information content (AvgIpc) is 2.40. The summed E-state index contributed by atoms with van der Waals surface area (Å²) < 4.78 is 0. The van der Waals surface area contributed by atoms with Crippen LogP contribution in [0.3, 0.4) is 0 Å². The van der Waals surface area contributed by atoms with E-state index in [1.807, 2.05) is 0 Å². The summed E-state index contributed by atoms with van der Waals surface area (Å²) in [6.45, 7) is 7.13. The van der Waals surface area contributed by atoms with Crippen LogP contribution in [0.2, 0.25) is 0 Å². The third kappa shape index (κ3) is 4.18. The van der Waals surface area contributed by atoms with Gasteiger partial charge in [0.25, 0.3) is 0 Å². The molecule has 0 heterocycles. The Hall–Kier alpha value is -0.610. The quantitative estimate of drug-likeness (QED) is 0.746. The van der Waals surface area contributed by atoms with Crippen LogP contribution in [0.15, 0.2) is 0 Å². The van der Waals surface area contributed by atoms with Gasteiger partial charge in [-0.05, 0) is 46.7 Å². The van der Waals surface area contributed by atoms with E-state index in [9.17, 15) is 9.90 Å². The molecule has 2 unspecified atom stereocenters. The molecule has 0 bridgehead atoms. The monoisotopic (exact) mass is 270 g/mol. The summed E-state index contributed by atoms with van der Waals surface area (Å²) in [6, 6.07) is 0.935. The highest BCUT2D eigenvalue weighted by atomic mass is 16.4. The molecule has 0 aromatic heterocycles. The van der Waals surface area contributed by atoms with E-state index in [-0.39, 0.29) is 0 Å². The van der Waals surface area contributed by atoms with Gasteiger partial charge in [0.15, 0.2) is 0 Å². The third-order valence-electron chi connectivity index (χ3n) is 4.70. The largest absolute Gasteiger partial charge is 0.480 e. The first-order chi connectivity index (χ1) is 8.94. The maximum atomic E-state index is 11.4. The molecule has 1 aliphatic rings. The number of carboxylic acid groups (broad SMARTS) is 1. The topological polar surface area (TPSA) is 52.6 Å². The fourth-order valence-electron chi connectivity index (χ4n) is 3.35. The minimum absolute atomic E-state index is 0.293. The molecule has 2 atom stereocenters. The van der Waals surface area contributed by atoms with Gasteiger partial charge < -0.3 is 10.4 Å². The van der Waals surface area contributed by atoms with Crippen molar-refractivity contribution in [1.29, 1.82) is 0 Å². The lowest BCUT2D eigenvalue weighted by Gasteiger charge is -2.40. The Bertz CT molecular complexity index is 290. The average molecular weight is 270 g/mol. The molecule has 1 saturated carbocycles. The van der Waals surface area contributed by atoms with E-state index in [0.717, 1.165) is 6.54 Å². The van der Waals surface area contributed by atoms with Gasteiger partial charge in [-0.15, -0.1) is 0 Å². The van der Waals surface area contributed by atoms with Gasteiger partial charge in [0.05, 0.1) is 0 Å². The van der Waals surface area contributed by atoms with Crippen LogP contribution in [0.25, 0.3) is 0 Å². The second-order valence-electron chi connectivity index (χ2n) is 6.06. The molecule has 0 radical (unpaired) electrons. The number of hydrogen-bond donors (Lipinski definition) is 2. The van der Waals surface area contributed by atoms with Crippen LogP contribution >= 0.6 is 0 Å². The Labute approximate surface area is 117 Å². The van der Waals surface area contributed by atoms with Crippen molar-refractivity contribution >= 4 is 5.97 Å². The van der Waals surface area contributed by atoms with Crippen molar-refractivity contribution in [3.63, 3.8) is 0 Å². The van der Waals surface area contributed by atoms with E-state index >= 15 is 0 Å². The Kier molecular flexibility index (Phi) is 6.27. The van der Waals surface area contributed by atoms with Crippen molar-refractivity contribution in [2.45, 2.75) is 76.9 Å². The van der Waals surface area contributed by atoms with Crippen LogP contribution in [0.4, 0.5) is 0 Å². The summed E-state index contributed by atoms with van der Waals surface area (Å²) in [4.78, 5) is 13.9. The lowest BCUT2D eigenvalue weighted by atomic mass is 9.89. The van der Waals surface area contributed by atoms with Gasteiger partial charge in [0.1, 0.15) is 5.54 Å². The molecule has 1 aliphatic carbocycles. The minimum Gasteiger partial charge on any atom is -0.480 e. The van der Waals surface area contributed by atoms with E-state index < -0.39 is 11.5 Å². The Morgan fingerprint density at radius 3 is 2.42 bits per heavy atom. The zero-order valence-electron chi connectivity index (χ0n) is 12.9. The van der Waals surface area contributed by atoms with Gasteiger partial charge in [-0.3, -0.25) is 9.69 Å². The Balaban J connectivity index is 2.67. The lowest BCUT2D eigenvalue weighted by molar-refractivity contribution is -0.145. The molecule has 0 amide bonds. The molecule has 2 N–H and O–H groups in total. The van der Waals surface area contributed by atoms with Crippen LogP contribution < -0.4 is 5.32 Å². The van der Waals surface area contributed by atoms with Crippen molar-refractivity contribution in [3.05, 3.63) is 0 Å². The minimum atomic E-state index is -0.832. The fraction of sp³-hybridized carbons (Fsp3) is 0.933. The maximum absolute atomic E-state index is 11.4. The summed E-state index contributed by atoms with van der Waals surface area (Å²) in [5.74, 6) is -0.762. The first kappa shape index (κ1) is 16.4. The number of carboxylic acids is 1. The maximum Gasteiger partial charge on any atom is 0.323 e. The fourth-order valence-corrected chi connectivity index (χ4v) is 3.35. The van der Waals surface area contributed by atoms with Gasteiger partial charge in [0, 0.05) is 12.1 Å². The number of nitrogens with zero attached hydrogens (tertiary/aromatic N) is 1. The number of nitrogens with one attached hydrogen (secondary N) is 1. The molecule has 0 saturated heterocycles. The van der Waals surface area contributed by atoms with Crippen LogP contribution in [-0.2, 0) is 4.79 Å². The molecule has 1 fully saturated rings. The summed E-state index contributed by atoms with van der Waals surface area (Å²) >= 11 is 0. The van der Waals surface area contributed by atoms with Crippen LogP contribution in [-0.4, -0.2) is 47.2 Å². The van der Waals surface area contributed by atoms with Crippen LogP contribution in [0.5, 0.6) is 0 Å². The Morgan fingerprint density at radius 1 is 1.42 bits per heavy atom. The first-order valence-corrected chi connectivity index (χ1v) is 7.62. The Morgan fingerprint density at radius 2 is 2.00 bits per heavy atom.